The number of ether oxygens (including phenoxy) is 2. The van der Waals surface area contributed by atoms with Crippen molar-refractivity contribution in [3.63, 3.8) is 0 Å². The molecule has 0 saturated heterocycles. The lowest BCUT2D eigenvalue weighted by molar-refractivity contribution is -0.118. The second-order valence-corrected chi connectivity index (χ2v) is 7.83. The Morgan fingerprint density at radius 2 is 1.93 bits per heavy atom. The van der Waals surface area contributed by atoms with Gasteiger partial charge in [-0.1, -0.05) is 55.1 Å². The highest BCUT2D eigenvalue weighted by Crippen LogP contribution is 2.34. The molecule has 2 heterocycles. The van der Waals surface area contributed by atoms with Gasteiger partial charge in [0, 0.05) is 12.0 Å². The average molecular weight is 395 g/mol. The van der Waals surface area contributed by atoms with Crippen molar-refractivity contribution in [3.05, 3.63) is 54.1 Å². The first-order valence-electron chi connectivity index (χ1n) is 9.22. The van der Waals surface area contributed by atoms with Crippen LogP contribution in [-0.4, -0.2) is 32.6 Å². The Labute approximate surface area is 167 Å². The fourth-order valence-corrected chi connectivity index (χ4v) is 4.03. The predicted octanol–water partition coefficient (Wildman–Crippen LogP) is 4.18. The van der Waals surface area contributed by atoms with Crippen LogP contribution in [0.4, 0.5) is 0 Å². The number of ketones is 1. The van der Waals surface area contributed by atoms with Gasteiger partial charge in [-0.05, 0) is 24.6 Å². The Morgan fingerprint density at radius 1 is 1.14 bits per heavy atom. The molecule has 1 unspecified atom stereocenters. The molecule has 0 saturated carbocycles. The third-order valence-corrected chi connectivity index (χ3v) is 5.74. The Kier molecular flexibility index (Phi) is 5.34. The van der Waals surface area contributed by atoms with E-state index in [0.717, 1.165) is 33.6 Å². The van der Waals surface area contributed by atoms with Crippen molar-refractivity contribution in [2.75, 3.05) is 6.79 Å². The van der Waals surface area contributed by atoms with Crippen LogP contribution in [0.3, 0.4) is 0 Å². The molecule has 0 bridgehead atoms. The Hall–Kier alpha value is -2.80. The van der Waals surface area contributed by atoms with E-state index in [1.807, 2.05) is 62.4 Å². The quantitative estimate of drug-likeness (QED) is 0.559. The van der Waals surface area contributed by atoms with Gasteiger partial charge in [0.05, 0.1) is 11.8 Å². The minimum absolute atomic E-state index is 0.173. The molecule has 0 N–H and O–H groups in total. The first-order valence-corrected chi connectivity index (χ1v) is 10.1. The Balaban J connectivity index is 1.70. The largest absolute Gasteiger partial charge is 0.454 e. The van der Waals surface area contributed by atoms with E-state index in [1.165, 1.54) is 11.8 Å². The fourth-order valence-electron chi connectivity index (χ4n) is 3.05. The lowest BCUT2D eigenvalue weighted by Crippen LogP contribution is -2.13. The average Bonchev–Trinajstić information content (AvgIpc) is 3.35. The smallest absolute Gasteiger partial charge is 0.231 e. The van der Waals surface area contributed by atoms with Crippen molar-refractivity contribution in [2.45, 2.75) is 37.2 Å². The summed E-state index contributed by atoms with van der Waals surface area (Å²) in [5.74, 6) is 2.48. The zero-order chi connectivity index (χ0) is 19.5. The summed E-state index contributed by atoms with van der Waals surface area (Å²) in [6.07, 6.45) is 0.510. The van der Waals surface area contributed by atoms with Crippen LogP contribution < -0.4 is 9.47 Å². The van der Waals surface area contributed by atoms with Crippen LogP contribution in [0.25, 0.3) is 11.4 Å². The zero-order valence-corrected chi connectivity index (χ0v) is 16.6. The molecule has 1 aliphatic rings. The van der Waals surface area contributed by atoms with Gasteiger partial charge < -0.3 is 9.47 Å². The van der Waals surface area contributed by atoms with Gasteiger partial charge in [0.25, 0.3) is 0 Å². The maximum Gasteiger partial charge on any atom is 0.231 e. The Morgan fingerprint density at radius 3 is 2.71 bits per heavy atom. The number of nitrogens with zero attached hydrogens (tertiary/aromatic N) is 3. The van der Waals surface area contributed by atoms with E-state index in [9.17, 15) is 4.79 Å². The molecule has 0 spiro atoms. The summed E-state index contributed by atoms with van der Waals surface area (Å²) in [7, 11) is 0. The summed E-state index contributed by atoms with van der Waals surface area (Å²) in [6.45, 7) is 4.62. The van der Waals surface area contributed by atoms with E-state index in [0.29, 0.717) is 13.0 Å². The van der Waals surface area contributed by atoms with Crippen LogP contribution in [-0.2, 0) is 11.3 Å². The Bertz CT molecular complexity index is 988. The molecule has 3 aromatic rings. The molecule has 0 aliphatic carbocycles. The number of aromatic nitrogens is 3. The fraction of sp³-hybridized carbons (Fsp3) is 0.286. The number of carbonyl (C=O) groups is 1. The number of Topliss-reactive ketones (excluding diaryl/α,β-unsaturated/α-hetero) is 1. The van der Waals surface area contributed by atoms with E-state index < -0.39 is 0 Å². The van der Waals surface area contributed by atoms with Crippen molar-refractivity contribution in [3.8, 4) is 22.9 Å². The summed E-state index contributed by atoms with van der Waals surface area (Å²) < 4.78 is 13.0. The minimum atomic E-state index is -0.173. The molecule has 0 amide bonds. The lowest BCUT2D eigenvalue weighted by Gasteiger charge is -2.13. The number of carbonyl (C=O) groups excluding carboxylic acids is 1. The molecule has 6 nitrogen and oxygen atoms in total. The van der Waals surface area contributed by atoms with Gasteiger partial charge in [-0.15, -0.1) is 10.2 Å². The normalized spacial score (nSPS) is 13.5. The van der Waals surface area contributed by atoms with E-state index in [1.54, 1.807) is 0 Å². The topological polar surface area (TPSA) is 66.2 Å². The zero-order valence-electron chi connectivity index (χ0n) is 15.8. The molecule has 1 atom stereocenters. The van der Waals surface area contributed by atoms with Gasteiger partial charge in [-0.2, -0.15) is 0 Å². The van der Waals surface area contributed by atoms with Crippen LogP contribution >= 0.6 is 11.8 Å². The van der Waals surface area contributed by atoms with Crippen molar-refractivity contribution in [2.24, 2.45) is 0 Å². The molecular formula is C21H21N3O3S. The van der Waals surface area contributed by atoms with Crippen LogP contribution in [0.1, 0.15) is 25.8 Å². The van der Waals surface area contributed by atoms with E-state index in [-0.39, 0.29) is 17.8 Å². The summed E-state index contributed by atoms with van der Waals surface area (Å²) in [5, 5.41) is 9.36. The molecule has 28 heavy (non-hydrogen) atoms. The maximum atomic E-state index is 12.1. The molecule has 1 aliphatic heterocycles. The molecular weight excluding hydrogens is 374 g/mol. The van der Waals surface area contributed by atoms with Gasteiger partial charge >= 0.3 is 0 Å². The van der Waals surface area contributed by atoms with E-state index in [4.69, 9.17) is 9.47 Å². The number of thioether (sulfide) groups is 1. The van der Waals surface area contributed by atoms with Gasteiger partial charge in [0.15, 0.2) is 22.5 Å². The number of hydrogen-bond acceptors (Lipinski definition) is 6. The standard InChI is InChI=1S/C21H21N3O3S/c1-3-17(25)14(2)28-21-23-22-20(16-7-5-4-6-8-16)24(21)12-15-9-10-18-19(11-15)27-13-26-18/h4-11,14H,3,12-13H2,1-2H3. The second-order valence-electron chi connectivity index (χ2n) is 6.53. The molecule has 1 aromatic heterocycles. The molecule has 4 rings (SSSR count). The van der Waals surface area contributed by atoms with Crippen LogP contribution in [0, 0.1) is 0 Å². The molecule has 144 valence electrons. The van der Waals surface area contributed by atoms with Crippen LogP contribution in [0.2, 0.25) is 0 Å². The van der Waals surface area contributed by atoms with Crippen molar-refractivity contribution < 1.29 is 14.3 Å². The van der Waals surface area contributed by atoms with Gasteiger partial charge in [0.1, 0.15) is 5.78 Å². The monoisotopic (exact) mass is 395 g/mol. The van der Waals surface area contributed by atoms with Crippen LogP contribution in [0.15, 0.2) is 53.7 Å². The third-order valence-electron chi connectivity index (χ3n) is 4.61. The summed E-state index contributed by atoms with van der Waals surface area (Å²) >= 11 is 1.45. The summed E-state index contributed by atoms with van der Waals surface area (Å²) in [4.78, 5) is 12.1. The minimum Gasteiger partial charge on any atom is -0.454 e. The lowest BCUT2D eigenvalue weighted by atomic mass is 10.2. The highest BCUT2D eigenvalue weighted by Gasteiger charge is 2.21. The third kappa shape index (κ3) is 3.75. The number of rotatable bonds is 7. The number of benzene rings is 2. The van der Waals surface area contributed by atoms with Gasteiger partial charge in [0.2, 0.25) is 6.79 Å². The van der Waals surface area contributed by atoms with Crippen molar-refractivity contribution in [1.29, 1.82) is 0 Å². The van der Waals surface area contributed by atoms with E-state index >= 15 is 0 Å². The molecule has 7 heteroatoms. The maximum absolute atomic E-state index is 12.1. The molecule has 2 aromatic carbocycles. The summed E-state index contributed by atoms with van der Waals surface area (Å²) in [5.41, 5.74) is 2.04. The number of fused-ring (bicyclic) bond motifs is 1. The molecule has 0 radical (unpaired) electrons. The van der Waals surface area contributed by atoms with E-state index in [2.05, 4.69) is 14.8 Å². The van der Waals surface area contributed by atoms with Gasteiger partial charge in [-0.25, -0.2) is 0 Å². The van der Waals surface area contributed by atoms with Crippen molar-refractivity contribution >= 4 is 17.5 Å². The first kappa shape index (κ1) is 18.6. The second kappa shape index (κ2) is 8.06. The number of hydrogen-bond donors (Lipinski definition) is 0. The SMILES string of the molecule is CCC(=O)C(C)Sc1nnc(-c2ccccc2)n1Cc1ccc2c(c1)OCO2. The predicted molar refractivity (Wildman–Crippen MR) is 108 cm³/mol. The van der Waals surface area contributed by atoms with Crippen molar-refractivity contribution in [1.82, 2.24) is 14.8 Å². The highest BCUT2D eigenvalue weighted by molar-refractivity contribution is 8.00. The summed E-state index contributed by atoms with van der Waals surface area (Å²) in [6, 6.07) is 15.9. The molecule has 0 fully saturated rings. The highest BCUT2D eigenvalue weighted by atomic mass is 32.2. The first-order chi connectivity index (χ1) is 13.7. The van der Waals surface area contributed by atoms with Gasteiger partial charge in [-0.3, -0.25) is 9.36 Å². The van der Waals surface area contributed by atoms with Crippen LogP contribution in [0.5, 0.6) is 11.5 Å².